The van der Waals surface area contributed by atoms with Crippen molar-refractivity contribution in [3.63, 3.8) is 0 Å². The van der Waals surface area contributed by atoms with E-state index in [1.54, 1.807) is 0 Å². The molecule has 4 atom stereocenters. The number of ketones is 1. The zero-order valence-electron chi connectivity index (χ0n) is 9.45. The number of esters is 1. The maximum Gasteiger partial charge on any atom is 0.316 e. The Bertz CT molecular complexity index is 303. The maximum atomic E-state index is 13.2. The second-order valence-electron chi connectivity index (χ2n) is 4.83. The predicted octanol–water partition coefficient (Wildman–Crippen LogP) is 1.89. The number of rotatable bonds is 1. The summed E-state index contributed by atoms with van der Waals surface area (Å²) >= 11 is 0. The van der Waals surface area contributed by atoms with Gasteiger partial charge < -0.3 is 4.74 Å². The van der Waals surface area contributed by atoms with Crippen molar-refractivity contribution < 1.29 is 18.7 Å². The van der Waals surface area contributed by atoms with Gasteiger partial charge in [-0.25, -0.2) is 4.39 Å². The van der Waals surface area contributed by atoms with E-state index in [1.165, 1.54) is 7.11 Å². The van der Waals surface area contributed by atoms with Crippen molar-refractivity contribution in [1.29, 1.82) is 0 Å². The molecule has 0 aromatic rings. The molecule has 0 bridgehead atoms. The lowest BCUT2D eigenvalue weighted by Crippen LogP contribution is -2.42. The van der Waals surface area contributed by atoms with E-state index in [1.807, 2.05) is 0 Å². The third-order valence-corrected chi connectivity index (χ3v) is 3.94. The van der Waals surface area contributed by atoms with Crippen LogP contribution in [0.25, 0.3) is 0 Å². The number of methoxy groups -OCH3 is 1. The minimum absolute atomic E-state index is 0.0185. The Morgan fingerprint density at radius 2 is 2.06 bits per heavy atom. The van der Waals surface area contributed by atoms with E-state index in [4.69, 9.17) is 0 Å². The van der Waals surface area contributed by atoms with Crippen LogP contribution in [0, 0.1) is 17.8 Å². The monoisotopic (exact) mass is 228 g/mol. The number of hydrogen-bond donors (Lipinski definition) is 0. The first-order valence-corrected chi connectivity index (χ1v) is 5.89. The summed E-state index contributed by atoms with van der Waals surface area (Å²) < 4.78 is 17.8. The first-order valence-electron chi connectivity index (χ1n) is 5.89. The largest absolute Gasteiger partial charge is 0.468 e. The smallest absolute Gasteiger partial charge is 0.316 e. The number of carbonyl (C=O) groups excluding carboxylic acids is 2. The molecule has 0 aromatic heterocycles. The van der Waals surface area contributed by atoms with Gasteiger partial charge in [-0.05, 0) is 38.0 Å². The van der Waals surface area contributed by atoms with Gasteiger partial charge in [-0.15, -0.1) is 0 Å². The van der Waals surface area contributed by atoms with E-state index >= 15 is 0 Å². The molecule has 0 saturated heterocycles. The van der Waals surface area contributed by atoms with E-state index in [0.717, 1.165) is 6.42 Å². The molecule has 0 amide bonds. The molecular weight excluding hydrogens is 211 g/mol. The average molecular weight is 228 g/mol. The molecule has 2 fully saturated rings. The number of fused-ring (bicyclic) bond motifs is 1. The van der Waals surface area contributed by atoms with Crippen molar-refractivity contribution >= 4 is 11.8 Å². The van der Waals surface area contributed by atoms with Crippen molar-refractivity contribution in [2.45, 2.75) is 38.3 Å². The number of halogens is 1. The van der Waals surface area contributed by atoms with Gasteiger partial charge in [-0.1, -0.05) is 0 Å². The fourth-order valence-electron chi connectivity index (χ4n) is 3.06. The van der Waals surface area contributed by atoms with E-state index in [2.05, 4.69) is 4.74 Å². The highest BCUT2D eigenvalue weighted by Crippen LogP contribution is 2.41. The van der Waals surface area contributed by atoms with Crippen LogP contribution in [-0.4, -0.2) is 25.0 Å². The summed E-state index contributed by atoms with van der Waals surface area (Å²) in [5, 5.41) is 0. The Labute approximate surface area is 94.3 Å². The van der Waals surface area contributed by atoms with Crippen molar-refractivity contribution in [2.24, 2.45) is 17.8 Å². The highest BCUT2D eigenvalue weighted by molar-refractivity contribution is 6.00. The Balaban J connectivity index is 2.07. The third kappa shape index (κ3) is 1.97. The zero-order chi connectivity index (χ0) is 11.7. The van der Waals surface area contributed by atoms with Gasteiger partial charge in [0.05, 0.1) is 7.11 Å². The molecule has 2 aliphatic carbocycles. The number of alkyl halides is 1. The van der Waals surface area contributed by atoms with Gasteiger partial charge >= 0.3 is 5.97 Å². The van der Waals surface area contributed by atoms with E-state index in [-0.39, 0.29) is 17.6 Å². The lowest BCUT2D eigenvalue weighted by molar-refractivity contribution is -0.154. The van der Waals surface area contributed by atoms with Crippen LogP contribution in [0.4, 0.5) is 4.39 Å². The predicted molar refractivity (Wildman–Crippen MR) is 55.5 cm³/mol. The molecule has 16 heavy (non-hydrogen) atoms. The van der Waals surface area contributed by atoms with Crippen LogP contribution in [0.2, 0.25) is 0 Å². The minimum Gasteiger partial charge on any atom is -0.468 e. The molecule has 4 unspecified atom stereocenters. The fraction of sp³-hybridized carbons (Fsp3) is 0.833. The third-order valence-electron chi connectivity index (χ3n) is 3.94. The van der Waals surface area contributed by atoms with Gasteiger partial charge in [0.2, 0.25) is 0 Å². The highest BCUT2D eigenvalue weighted by Gasteiger charge is 2.44. The van der Waals surface area contributed by atoms with Crippen LogP contribution in [0.3, 0.4) is 0 Å². The quantitative estimate of drug-likeness (QED) is 0.508. The first kappa shape index (κ1) is 11.6. The first-order chi connectivity index (χ1) is 7.63. The summed E-state index contributed by atoms with van der Waals surface area (Å²) in [6.45, 7) is 0. The Kier molecular flexibility index (Phi) is 3.26. The Hall–Kier alpha value is -0.930. The molecular formula is C12H17FO3. The molecule has 2 saturated carbocycles. The Morgan fingerprint density at radius 3 is 2.75 bits per heavy atom. The lowest BCUT2D eigenvalue weighted by atomic mass is 9.66. The van der Waals surface area contributed by atoms with Gasteiger partial charge in [-0.2, -0.15) is 0 Å². The summed E-state index contributed by atoms with van der Waals surface area (Å²) in [4.78, 5) is 23.4. The highest BCUT2D eigenvalue weighted by atomic mass is 19.1. The molecule has 0 heterocycles. The topological polar surface area (TPSA) is 43.4 Å². The second kappa shape index (κ2) is 4.52. The molecule has 2 rings (SSSR count). The van der Waals surface area contributed by atoms with Crippen molar-refractivity contribution in [3.8, 4) is 0 Å². The van der Waals surface area contributed by atoms with E-state index < -0.39 is 18.1 Å². The number of hydrogen-bond acceptors (Lipinski definition) is 3. The summed E-state index contributed by atoms with van der Waals surface area (Å²) in [6, 6.07) is 0. The number of Topliss-reactive ketones (excluding diaryl/α,β-unsaturated/α-hetero) is 1. The molecule has 3 nitrogen and oxygen atoms in total. The van der Waals surface area contributed by atoms with Gasteiger partial charge in [-0.3, -0.25) is 9.59 Å². The van der Waals surface area contributed by atoms with E-state index in [0.29, 0.717) is 25.7 Å². The number of ether oxygens (including phenoxy) is 1. The van der Waals surface area contributed by atoms with Crippen LogP contribution in [0.15, 0.2) is 0 Å². The summed E-state index contributed by atoms with van der Waals surface area (Å²) in [5.74, 6) is -0.995. The van der Waals surface area contributed by atoms with Crippen LogP contribution in [-0.2, 0) is 14.3 Å². The normalized spacial score (nSPS) is 39.0. The molecule has 2 aliphatic rings. The van der Waals surface area contributed by atoms with E-state index in [9.17, 15) is 14.0 Å². The molecule has 0 spiro atoms. The molecule has 90 valence electrons. The molecule has 0 aromatic carbocycles. The summed E-state index contributed by atoms with van der Waals surface area (Å²) in [7, 11) is 1.31. The standard InChI is InChI=1S/C12H17FO3/c1-16-12(15)10-4-2-7-6-8(13)3-5-9(7)11(10)14/h7-10H,2-6H2,1H3. The molecule has 0 aliphatic heterocycles. The molecule has 4 heteroatoms. The lowest BCUT2D eigenvalue weighted by Gasteiger charge is -2.38. The fourth-order valence-corrected chi connectivity index (χ4v) is 3.06. The summed E-state index contributed by atoms with van der Waals surface area (Å²) in [6.07, 6.45) is 2.09. The SMILES string of the molecule is COC(=O)C1CCC2CC(F)CCC2C1=O. The molecule has 0 N–H and O–H groups in total. The van der Waals surface area contributed by atoms with Gasteiger partial charge in [0, 0.05) is 5.92 Å². The summed E-state index contributed by atoms with van der Waals surface area (Å²) in [5.41, 5.74) is 0. The van der Waals surface area contributed by atoms with Crippen LogP contribution in [0.1, 0.15) is 32.1 Å². The van der Waals surface area contributed by atoms with Crippen molar-refractivity contribution in [2.75, 3.05) is 7.11 Å². The van der Waals surface area contributed by atoms with Gasteiger partial charge in [0.15, 0.2) is 0 Å². The Morgan fingerprint density at radius 1 is 1.31 bits per heavy atom. The number of carbonyl (C=O) groups is 2. The maximum absolute atomic E-state index is 13.2. The minimum atomic E-state index is -0.760. The van der Waals surface area contributed by atoms with Gasteiger partial charge in [0.25, 0.3) is 0 Å². The van der Waals surface area contributed by atoms with Gasteiger partial charge in [0.1, 0.15) is 17.9 Å². The van der Waals surface area contributed by atoms with Crippen LogP contribution >= 0.6 is 0 Å². The van der Waals surface area contributed by atoms with Crippen molar-refractivity contribution in [1.82, 2.24) is 0 Å². The zero-order valence-corrected chi connectivity index (χ0v) is 9.45. The van der Waals surface area contributed by atoms with Crippen LogP contribution < -0.4 is 0 Å². The molecule has 0 radical (unpaired) electrons. The van der Waals surface area contributed by atoms with Crippen LogP contribution in [0.5, 0.6) is 0 Å². The average Bonchev–Trinajstić information content (AvgIpc) is 2.28. The van der Waals surface area contributed by atoms with Crippen molar-refractivity contribution in [3.05, 3.63) is 0 Å². The second-order valence-corrected chi connectivity index (χ2v) is 4.83.